The molecule has 0 radical (unpaired) electrons. The van der Waals surface area contributed by atoms with Gasteiger partial charge in [0.15, 0.2) is 0 Å². The molecule has 3 nitrogen and oxygen atoms in total. The minimum atomic E-state index is -0.150. The van der Waals surface area contributed by atoms with Gasteiger partial charge in [-0.15, -0.1) is 0 Å². The number of nitrogens with zero attached hydrogens (tertiary/aromatic N) is 2. The van der Waals surface area contributed by atoms with E-state index < -0.39 is 0 Å². The van der Waals surface area contributed by atoms with Gasteiger partial charge in [-0.25, -0.2) is 4.39 Å². The van der Waals surface area contributed by atoms with Crippen LogP contribution in [0.4, 0.5) is 4.39 Å². The smallest absolute Gasteiger partial charge is 0.123 e. The number of rotatable bonds is 5. The Labute approximate surface area is 109 Å². The molecule has 18 heavy (non-hydrogen) atoms. The van der Waals surface area contributed by atoms with E-state index in [1.807, 2.05) is 6.07 Å². The molecular formula is C14H22FN3. The first-order chi connectivity index (χ1) is 8.74. The number of halogens is 1. The zero-order valence-electron chi connectivity index (χ0n) is 11.0. The first kappa shape index (κ1) is 13.5. The van der Waals surface area contributed by atoms with Crippen LogP contribution >= 0.6 is 0 Å². The second-order valence-electron chi connectivity index (χ2n) is 4.96. The van der Waals surface area contributed by atoms with E-state index in [-0.39, 0.29) is 5.82 Å². The van der Waals surface area contributed by atoms with Crippen LogP contribution in [0, 0.1) is 5.82 Å². The monoisotopic (exact) mass is 251 g/mol. The number of likely N-dealkylation sites (N-methyl/N-ethyl adjacent to an activating group) is 1. The molecule has 0 saturated carbocycles. The van der Waals surface area contributed by atoms with E-state index in [4.69, 9.17) is 0 Å². The Morgan fingerprint density at radius 3 is 2.83 bits per heavy atom. The summed E-state index contributed by atoms with van der Waals surface area (Å²) in [6.45, 7) is 7.37. The third-order valence-corrected chi connectivity index (χ3v) is 3.35. The molecule has 1 aliphatic heterocycles. The number of hydrogen-bond donors (Lipinski definition) is 1. The summed E-state index contributed by atoms with van der Waals surface area (Å²) in [4.78, 5) is 4.72. The van der Waals surface area contributed by atoms with Crippen LogP contribution in [0.25, 0.3) is 0 Å². The van der Waals surface area contributed by atoms with Crippen molar-refractivity contribution in [1.29, 1.82) is 0 Å². The zero-order chi connectivity index (χ0) is 12.8. The van der Waals surface area contributed by atoms with Crippen LogP contribution in [0.3, 0.4) is 0 Å². The van der Waals surface area contributed by atoms with Gasteiger partial charge < -0.3 is 10.2 Å². The SMILES string of the molecule is CN(CCN1CCNCC1)Cc1cccc(F)c1. The highest BCUT2D eigenvalue weighted by atomic mass is 19.1. The van der Waals surface area contributed by atoms with Crippen molar-refractivity contribution >= 4 is 0 Å². The molecular weight excluding hydrogens is 229 g/mol. The van der Waals surface area contributed by atoms with Gasteiger partial charge in [-0.05, 0) is 24.7 Å². The van der Waals surface area contributed by atoms with Crippen LogP contribution in [-0.2, 0) is 6.54 Å². The Kier molecular flexibility index (Phi) is 5.11. The number of piperazine rings is 1. The summed E-state index contributed by atoms with van der Waals surface area (Å²) >= 11 is 0. The normalized spacial score (nSPS) is 17.3. The van der Waals surface area contributed by atoms with Gasteiger partial charge in [0.25, 0.3) is 0 Å². The summed E-state index contributed by atoms with van der Waals surface area (Å²) < 4.78 is 13.1. The Bertz CT molecular complexity index is 364. The molecule has 0 bridgehead atoms. The highest BCUT2D eigenvalue weighted by Gasteiger charge is 2.10. The lowest BCUT2D eigenvalue weighted by molar-refractivity contribution is 0.202. The van der Waals surface area contributed by atoms with Crippen LogP contribution in [0.15, 0.2) is 24.3 Å². The Balaban J connectivity index is 1.72. The molecule has 0 aromatic heterocycles. The van der Waals surface area contributed by atoms with E-state index in [9.17, 15) is 4.39 Å². The minimum Gasteiger partial charge on any atom is -0.314 e. The van der Waals surface area contributed by atoms with Crippen molar-refractivity contribution in [3.63, 3.8) is 0 Å². The third-order valence-electron chi connectivity index (χ3n) is 3.35. The Morgan fingerprint density at radius 2 is 2.11 bits per heavy atom. The Morgan fingerprint density at radius 1 is 1.33 bits per heavy atom. The molecule has 0 amide bonds. The van der Waals surface area contributed by atoms with E-state index in [2.05, 4.69) is 22.2 Å². The number of benzene rings is 1. The predicted octanol–water partition coefficient (Wildman–Crippen LogP) is 1.16. The lowest BCUT2D eigenvalue weighted by atomic mass is 10.2. The molecule has 0 aliphatic carbocycles. The zero-order valence-corrected chi connectivity index (χ0v) is 11.0. The largest absolute Gasteiger partial charge is 0.314 e. The molecule has 0 unspecified atom stereocenters. The number of hydrogen-bond acceptors (Lipinski definition) is 3. The first-order valence-corrected chi connectivity index (χ1v) is 6.60. The molecule has 1 heterocycles. The second-order valence-corrected chi connectivity index (χ2v) is 4.96. The third kappa shape index (κ3) is 4.37. The van der Waals surface area contributed by atoms with E-state index in [1.54, 1.807) is 12.1 Å². The van der Waals surface area contributed by atoms with Crippen molar-refractivity contribution in [3.05, 3.63) is 35.6 Å². The van der Waals surface area contributed by atoms with Crippen LogP contribution in [0.2, 0.25) is 0 Å². The maximum atomic E-state index is 13.1. The van der Waals surface area contributed by atoms with Crippen LogP contribution in [-0.4, -0.2) is 56.1 Å². The molecule has 0 spiro atoms. The minimum absolute atomic E-state index is 0.150. The summed E-state index contributed by atoms with van der Waals surface area (Å²) in [6, 6.07) is 6.85. The highest BCUT2D eigenvalue weighted by Crippen LogP contribution is 2.06. The molecule has 1 N–H and O–H groups in total. The molecule has 1 saturated heterocycles. The molecule has 1 aromatic carbocycles. The van der Waals surface area contributed by atoms with Crippen molar-refractivity contribution < 1.29 is 4.39 Å². The lowest BCUT2D eigenvalue weighted by Crippen LogP contribution is -2.45. The number of nitrogens with one attached hydrogen (secondary N) is 1. The van der Waals surface area contributed by atoms with Gasteiger partial charge in [-0.1, -0.05) is 12.1 Å². The predicted molar refractivity (Wildman–Crippen MR) is 72.0 cm³/mol. The first-order valence-electron chi connectivity index (χ1n) is 6.60. The van der Waals surface area contributed by atoms with E-state index in [1.165, 1.54) is 6.07 Å². The molecule has 0 atom stereocenters. The van der Waals surface area contributed by atoms with Gasteiger partial charge in [0, 0.05) is 45.8 Å². The van der Waals surface area contributed by atoms with Crippen molar-refractivity contribution in [1.82, 2.24) is 15.1 Å². The van der Waals surface area contributed by atoms with E-state index in [0.29, 0.717) is 0 Å². The molecule has 100 valence electrons. The topological polar surface area (TPSA) is 18.5 Å². The molecule has 1 aromatic rings. The molecule has 1 aliphatic rings. The summed E-state index contributed by atoms with van der Waals surface area (Å²) in [7, 11) is 2.09. The van der Waals surface area contributed by atoms with E-state index >= 15 is 0 Å². The molecule has 4 heteroatoms. The van der Waals surface area contributed by atoms with Crippen molar-refractivity contribution in [2.75, 3.05) is 46.3 Å². The lowest BCUT2D eigenvalue weighted by Gasteiger charge is -2.29. The fourth-order valence-corrected chi connectivity index (χ4v) is 2.27. The maximum Gasteiger partial charge on any atom is 0.123 e. The maximum absolute atomic E-state index is 13.1. The van der Waals surface area contributed by atoms with E-state index in [0.717, 1.165) is 51.4 Å². The quantitative estimate of drug-likeness (QED) is 0.847. The van der Waals surface area contributed by atoms with Crippen molar-refractivity contribution in [2.24, 2.45) is 0 Å². The summed E-state index contributed by atoms with van der Waals surface area (Å²) in [5.41, 5.74) is 1.04. The fourth-order valence-electron chi connectivity index (χ4n) is 2.27. The summed E-state index contributed by atoms with van der Waals surface area (Å²) in [5, 5.41) is 3.35. The van der Waals surface area contributed by atoms with Crippen LogP contribution < -0.4 is 5.32 Å². The molecule has 2 rings (SSSR count). The second kappa shape index (κ2) is 6.83. The highest BCUT2D eigenvalue weighted by molar-refractivity contribution is 5.15. The van der Waals surface area contributed by atoms with Gasteiger partial charge in [0.2, 0.25) is 0 Å². The van der Waals surface area contributed by atoms with Crippen molar-refractivity contribution in [2.45, 2.75) is 6.54 Å². The summed E-state index contributed by atoms with van der Waals surface area (Å²) in [6.07, 6.45) is 0. The average molecular weight is 251 g/mol. The van der Waals surface area contributed by atoms with Crippen LogP contribution in [0.5, 0.6) is 0 Å². The standard InChI is InChI=1S/C14H22FN3/c1-17(9-10-18-7-5-16-6-8-18)12-13-3-2-4-14(15)11-13/h2-4,11,16H,5-10,12H2,1H3. The molecule has 1 fully saturated rings. The van der Waals surface area contributed by atoms with Gasteiger partial charge in [0.05, 0.1) is 0 Å². The van der Waals surface area contributed by atoms with Crippen LogP contribution in [0.1, 0.15) is 5.56 Å². The van der Waals surface area contributed by atoms with Gasteiger partial charge in [-0.2, -0.15) is 0 Å². The van der Waals surface area contributed by atoms with Gasteiger partial charge in [-0.3, -0.25) is 4.90 Å². The fraction of sp³-hybridized carbons (Fsp3) is 0.571. The Hall–Kier alpha value is -0.970. The van der Waals surface area contributed by atoms with Gasteiger partial charge >= 0.3 is 0 Å². The average Bonchev–Trinajstić information content (AvgIpc) is 2.38. The van der Waals surface area contributed by atoms with Crippen molar-refractivity contribution in [3.8, 4) is 0 Å². The summed E-state index contributed by atoms with van der Waals surface area (Å²) in [5.74, 6) is -0.150. The van der Waals surface area contributed by atoms with Gasteiger partial charge in [0.1, 0.15) is 5.82 Å².